The van der Waals surface area contributed by atoms with Crippen molar-refractivity contribution in [3.63, 3.8) is 0 Å². The van der Waals surface area contributed by atoms with Crippen LogP contribution in [0.25, 0.3) is 0 Å². The van der Waals surface area contributed by atoms with E-state index in [2.05, 4.69) is 36.4 Å². The highest BCUT2D eigenvalue weighted by molar-refractivity contribution is 9.10. The van der Waals surface area contributed by atoms with Gasteiger partial charge in [0.2, 0.25) is 0 Å². The van der Waals surface area contributed by atoms with Crippen LogP contribution in [0.3, 0.4) is 0 Å². The molecule has 82 valence electrons. The van der Waals surface area contributed by atoms with Gasteiger partial charge in [-0.25, -0.2) is 0 Å². The molecule has 0 fully saturated rings. The molecule has 0 saturated carbocycles. The molecule has 0 radical (unpaired) electrons. The Morgan fingerprint density at radius 2 is 2.25 bits per heavy atom. The van der Waals surface area contributed by atoms with E-state index >= 15 is 0 Å². The first-order chi connectivity index (χ1) is 7.66. The van der Waals surface area contributed by atoms with Gasteiger partial charge in [-0.1, -0.05) is 0 Å². The van der Waals surface area contributed by atoms with E-state index in [4.69, 9.17) is 0 Å². The second-order valence-electron chi connectivity index (χ2n) is 3.27. The van der Waals surface area contributed by atoms with E-state index in [1.807, 2.05) is 6.92 Å². The molecule has 2 heterocycles. The number of hydrogen-bond donors (Lipinski definition) is 2. The summed E-state index contributed by atoms with van der Waals surface area (Å²) in [5.41, 5.74) is 1.37. The quantitative estimate of drug-likeness (QED) is 0.885. The van der Waals surface area contributed by atoms with Crippen LogP contribution in [0, 0.1) is 6.92 Å². The molecule has 6 heteroatoms. The Kier molecular flexibility index (Phi) is 3.00. The normalized spacial score (nSPS) is 10.1. The van der Waals surface area contributed by atoms with Crippen molar-refractivity contribution in [2.75, 3.05) is 5.32 Å². The van der Waals surface area contributed by atoms with Gasteiger partial charge in [-0.05, 0) is 28.9 Å². The number of H-pyrrole nitrogens is 1. The molecule has 0 bridgehead atoms. The van der Waals surface area contributed by atoms with Crippen molar-refractivity contribution in [2.45, 2.75) is 6.92 Å². The van der Waals surface area contributed by atoms with E-state index in [1.165, 1.54) is 6.20 Å². The summed E-state index contributed by atoms with van der Waals surface area (Å²) in [5.74, 6) is 0.381. The third kappa shape index (κ3) is 2.27. The Hall–Kier alpha value is -1.69. The minimum Gasteiger partial charge on any atom is -0.307 e. The maximum absolute atomic E-state index is 11.8. The Bertz CT molecular complexity index is 523. The summed E-state index contributed by atoms with van der Waals surface area (Å²) in [7, 11) is 0. The maximum Gasteiger partial charge on any atom is 0.258 e. The molecule has 2 N–H and O–H groups in total. The van der Waals surface area contributed by atoms with E-state index in [-0.39, 0.29) is 5.91 Å². The van der Waals surface area contributed by atoms with Gasteiger partial charge in [0.25, 0.3) is 5.91 Å². The molecular weight excluding hydrogens is 272 g/mol. The molecule has 5 nitrogen and oxygen atoms in total. The molecule has 0 aliphatic rings. The monoisotopic (exact) mass is 280 g/mol. The molecule has 1 amide bonds. The van der Waals surface area contributed by atoms with Crippen molar-refractivity contribution in [3.8, 4) is 0 Å². The number of nitrogens with zero attached hydrogens (tertiary/aromatic N) is 2. The van der Waals surface area contributed by atoms with Crippen molar-refractivity contribution in [1.82, 2.24) is 15.2 Å². The standard InChI is InChI=1S/C10H9BrN4O/c1-6-3-13-15-9(6)14-10(16)7-2-8(11)5-12-4-7/h2-5H,1H3,(H2,13,14,15,16). The molecule has 16 heavy (non-hydrogen) atoms. The number of carbonyl (C=O) groups is 1. The molecule has 0 saturated heterocycles. The summed E-state index contributed by atoms with van der Waals surface area (Å²) in [6.45, 7) is 1.86. The lowest BCUT2D eigenvalue weighted by atomic mass is 10.2. The van der Waals surface area contributed by atoms with E-state index in [9.17, 15) is 4.79 Å². The molecule has 2 rings (SSSR count). The summed E-state index contributed by atoms with van der Waals surface area (Å²) in [6, 6.07) is 1.70. The van der Waals surface area contributed by atoms with Crippen LogP contribution < -0.4 is 5.32 Å². The smallest absolute Gasteiger partial charge is 0.258 e. The van der Waals surface area contributed by atoms with Crippen molar-refractivity contribution < 1.29 is 4.79 Å². The number of aryl methyl sites for hydroxylation is 1. The minimum absolute atomic E-state index is 0.221. The number of aromatic amines is 1. The Labute approximate surface area is 100 Å². The third-order valence-electron chi connectivity index (χ3n) is 2.03. The van der Waals surface area contributed by atoms with Crippen LogP contribution in [0.1, 0.15) is 15.9 Å². The van der Waals surface area contributed by atoms with E-state index in [0.717, 1.165) is 10.0 Å². The minimum atomic E-state index is -0.221. The first kappa shape index (κ1) is 10.8. The van der Waals surface area contributed by atoms with Gasteiger partial charge < -0.3 is 5.32 Å². The molecule has 2 aromatic heterocycles. The number of carbonyl (C=O) groups excluding carboxylic acids is 1. The summed E-state index contributed by atoms with van der Waals surface area (Å²) in [5, 5.41) is 9.24. The lowest BCUT2D eigenvalue weighted by molar-refractivity contribution is 0.102. The van der Waals surface area contributed by atoms with Crippen molar-refractivity contribution >= 4 is 27.7 Å². The van der Waals surface area contributed by atoms with Gasteiger partial charge in [-0.2, -0.15) is 5.10 Å². The van der Waals surface area contributed by atoms with Gasteiger partial charge in [-0.15, -0.1) is 0 Å². The Balaban J connectivity index is 2.18. The zero-order chi connectivity index (χ0) is 11.5. The predicted molar refractivity (Wildman–Crippen MR) is 63.2 cm³/mol. The van der Waals surface area contributed by atoms with Gasteiger partial charge >= 0.3 is 0 Å². The summed E-state index contributed by atoms with van der Waals surface area (Å²) in [6.07, 6.45) is 4.78. The highest BCUT2D eigenvalue weighted by atomic mass is 79.9. The van der Waals surface area contributed by atoms with Crippen LogP contribution in [-0.2, 0) is 0 Å². The molecule has 0 unspecified atom stereocenters. The highest BCUT2D eigenvalue weighted by Gasteiger charge is 2.09. The van der Waals surface area contributed by atoms with Gasteiger partial charge in [0.15, 0.2) is 0 Å². The molecule has 0 aliphatic carbocycles. The van der Waals surface area contributed by atoms with Crippen LogP contribution in [0.2, 0.25) is 0 Å². The van der Waals surface area contributed by atoms with Crippen LogP contribution in [0.5, 0.6) is 0 Å². The van der Waals surface area contributed by atoms with Crippen LogP contribution in [-0.4, -0.2) is 21.1 Å². The fraction of sp³-hybridized carbons (Fsp3) is 0.100. The number of hydrogen-bond acceptors (Lipinski definition) is 3. The van der Waals surface area contributed by atoms with Gasteiger partial charge in [-0.3, -0.25) is 14.9 Å². The average Bonchev–Trinajstić information content (AvgIpc) is 2.64. The number of nitrogens with one attached hydrogen (secondary N) is 2. The number of aromatic nitrogens is 3. The number of rotatable bonds is 2. The number of amides is 1. The molecule has 0 aromatic carbocycles. The summed E-state index contributed by atoms with van der Waals surface area (Å²) in [4.78, 5) is 15.7. The van der Waals surface area contributed by atoms with E-state index < -0.39 is 0 Å². The van der Waals surface area contributed by atoms with Gasteiger partial charge in [0, 0.05) is 22.4 Å². The SMILES string of the molecule is Cc1cn[nH]c1NC(=O)c1cncc(Br)c1. The summed E-state index contributed by atoms with van der Waals surface area (Å²) >= 11 is 3.26. The number of halogens is 1. The molecule has 0 spiro atoms. The zero-order valence-electron chi connectivity index (χ0n) is 8.49. The lowest BCUT2D eigenvalue weighted by Crippen LogP contribution is -2.13. The fourth-order valence-corrected chi connectivity index (χ4v) is 1.56. The second kappa shape index (κ2) is 4.44. The van der Waals surface area contributed by atoms with Crippen molar-refractivity contribution in [2.24, 2.45) is 0 Å². The Morgan fingerprint density at radius 1 is 1.44 bits per heavy atom. The molecular formula is C10H9BrN4O. The second-order valence-corrected chi connectivity index (χ2v) is 4.19. The average molecular weight is 281 g/mol. The van der Waals surface area contributed by atoms with Crippen LogP contribution >= 0.6 is 15.9 Å². The lowest BCUT2D eigenvalue weighted by Gasteiger charge is -2.03. The number of pyridine rings is 1. The number of anilines is 1. The van der Waals surface area contributed by atoms with Gasteiger partial charge in [0.1, 0.15) is 5.82 Å². The van der Waals surface area contributed by atoms with Crippen molar-refractivity contribution in [3.05, 3.63) is 40.3 Å². The highest BCUT2D eigenvalue weighted by Crippen LogP contribution is 2.13. The third-order valence-corrected chi connectivity index (χ3v) is 2.47. The topological polar surface area (TPSA) is 70.7 Å². The van der Waals surface area contributed by atoms with E-state index in [1.54, 1.807) is 18.5 Å². The van der Waals surface area contributed by atoms with Crippen LogP contribution in [0.15, 0.2) is 29.1 Å². The maximum atomic E-state index is 11.8. The predicted octanol–water partition coefficient (Wildman–Crippen LogP) is 2.13. The van der Waals surface area contributed by atoms with Gasteiger partial charge in [0.05, 0.1) is 11.8 Å². The largest absolute Gasteiger partial charge is 0.307 e. The summed E-state index contributed by atoms with van der Waals surface area (Å²) < 4.78 is 0.765. The molecule has 2 aromatic rings. The van der Waals surface area contributed by atoms with E-state index in [0.29, 0.717) is 11.4 Å². The fourth-order valence-electron chi connectivity index (χ4n) is 1.19. The van der Waals surface area contributed by atoms with Crippen LogP contribution in [0.4, 0.5) is 5.82 Å². The molecule has 0 aliphatic heterocycles. The Morgan fingerprint density at radius 3 is 2.88 bits per heavy atom. The first-order valence-corrected chi connectivity index (χ1v) is 5.38. The zero-order valence-corrected chi connectivity index (χ0v) is 10.1. The first-order valence-electron chi connectivity index (χ1n) is 4.58. The molecule has 0 atom stereocenters. The van der Waals surface area contributed by atoms with Crippen molar-refractivity contribution in [1.29, 1.82) is 0 Å².